The molecule has 0 aromatic heterocycles. The van der Waals surface area contributed by atoms with Gasteiger partial charge in [-0.2, -0.15) is 30.0 Å². The number of hydrogen-bond donors (Lipinski definition) is 8. The summed E-state index contributed by atoms with van der Waals surface area (Å²) >= 11 is 0. The molecule has 0 amide bonds. The summed E-state index contributed by atoms with van der Waals surface area (Å²) in [6.07, 6.45) is -15.1. The zero-order chi connectivity index (χ0) is 26.9. The third-order valence-corrected chi connectivity index (χ3v) is 5.73. The molecule has 1 unspecified atom stereocenters. The number of nitrogens with one attached hydrogen (secondary N) is 1. The maximum Gasteiger partial charge on any atom is 0.397 e. The summed E-state index contributed by atoms with van der Waals surface area (Å²) < 4.78 is 117. The van der Waals surface area contributed by atoms with Crippen LogP contribution in [-0.2, 0) is 58.5 Å². The van der Waals surface area contributed by atoms with Crippen molar-refractivity contribution in [1.82, 2.24) is 4.72 Å². The second-order valence-corrected chi connectivity index (χ2v) is 10.1. The molecule has 0 aromatic carbocycles. The quantitative estimate of drug-likeness (QED) is 0.112. The Morgan fingerprint density at radius 3 is 2.09 bits per heavy atom. The maximum absolute atomic E-state index is 11.2. The second-order valence-electron chi connectivity index (χ2n) is 6.79. The van der Waals surface area contributed by atoms with E-state index >= 15 is 0 Å². The number of carboxylic acids is 1. The van der Waals surface area contributed by atoms with Crippen LogP contribution in [0, 0.1) is 0 Å². The maximum atomic E-state index is 11.2. The molecule has 2 aliphatic heterocycles. The monoisotopic (exact) mass is 577 g/mol. The Bertz CT molecular complexity index is 1130. The van der Waals surface area contributed by atoms with Gasteiger partial charge in [-0.25, -0.2) is 13.2 Å². The first-order chi connectivity index (χ1) is 15.8. The Morgan fingerprint density at radius 1 is 1.00 bits per heavy atom. The first kappa shape index (κ1) is 29.6. The first-order valence-corrected chi connectivity index (χ1v) is 12.9. The summed E-state index contributed by atoms with van der Waals surface area (Å²) in [6, 6.07) is -2.15. The summed E-state index contributed by atoms with van der Waals surface area (Å²) in [5.74, 6) is -2.88. The lowest BCUT2D eigenvalue weighted by Crippen LogP contribution is -2.66. The largest absolute Gasteiger partial charge is 0.475 e. The predicted molar refractivity (Wildman–Crippen MR) is 101 cm³/mol. The number of hydrogen-bond acceptors (Lipinski definition) is 15. The molecule has 0 spiro atoms. The molecule has 2 heterocycles. The highest BCUT2D eigenvalue weighted by atomic mass is 32.3. The molecule has 0 radical (unpaired) electrons. The van der Waals surface area contributed by atoms with Crippen LogP contribution >= 0.6 is 0 Å². The van der Waals surface area contributed by atoms with Crippen LogP contribution in [0.1, 0.15) is 0 Å². The van der Waals surface area contributed by atoms with Crippen molar-refractivity contribution in [3.05, 3.63) is 11.8 Å². The SMILES string of the molecule is O=C(O)C1=C[C@H](O)[C@@H](OS(=O)(=O)O)[C@@H](O[C@H]2[C@H](O)[C@@H](NS(=O)(=O)O)C(O)O[C@@H]2COS(=O)(=O)O)O1. The van der Waals surface area contributed by atoms with Crippen molar-refractivity contribution in [2.24, 2.45) is 0 Å². The molecule has 204 valence electrons. The minimum Gasteiger partial charge on any atom is -0.475 e. The van der Waals surface area contributed by atoms with Crippen LogP contribution in [0.3, 0.4) is 0 Å². The van der Waals surface area contributed by atoms with Gasteiger partial charge in [-0.1, -0.05) is 0 Å². The van der Waals surface area contributed by atoms with Crippen LogP contribution in [0.5, 0.6) is 0 Å². The average molecular weight is 577 g/mol. The van der Waals surface area contributed by atoms with Gasteiger partial charge in [0.2, 0.25) is 12.0 Å². The number of rotatable bonds is 10. The lowest BCUT2D eigenvalue weighted by Gasteiger charge is -2.44. The molecule has 20 nitrogen and oxygen atoms in total. The van der Waals surface area contributed by atoms with Crippen molar-refractivity contribution in [3.63, 3.8) is 0 Å². The smallest absolute Gasteiger partial charge is 0.397 e. The Morgan fingerprint density at radius 2 is 1.60 bits per heavy atom. The molecule has 1 fully saturated rings. The van der Waals surface area contributed by atoms with Crippen LogP contribution in [0.25, 0.3) is 0 Å². The highest BCUT2D eigenvalue weighted by molar-refractivity contribution is 7.83. The number of aliphatic hydroxyl groups is 3. The zero-order valence-electron chi connectivity index (χ0n) is 16.7. The molecule has 0 aliphatic carbocycles. The van der Waals surface area contributed by atoms with E-state index in [1.54, 1.807) is 0 Å². The summed E-state index contributed by atoms with van der Waals surface area (Å²) in [5, 5.41) is 39.6. The summed E-state index contributed by atoms with van der Waals surface area (Å²) in [5.41, 5.74) is 0. The lowest BCUT2D eigenvalue weighted by atomic mass is 9.97. The summed E-state index contributed by atoms with van der Waals surface area (Å²) in [7, 11) is -15.7. The second kappa shape index (κ2) is 10.8. The third-order valence-electron chi connectivity index (χ3n) is 4.26. The van der Waals surface area contributed by atoms with Crippen LogP contribution in [0.4, 0.5) is 0 Å². The summed E-state index contributed by atoms with van der Waals surface area (Å²) in [6.45, 7) is -1.25. The Balaban J connectivity index is 2.44. The molecule has 8 N–H and O–H groups in total. The molecule has 0 saturated carbocycles. The third kappa shape index (κ3) is 8.79. The molecular formula is C12H19NO19S3. The fraction of sp³-hybridized carbons (Fsp3) is 0.750. The van der Waals surface area contributed by atoms with E-state index in [1.165, 1.54) is 4.72 Å². The number of aliphatic hydroxyl groups excluding tert-OH is 3. The Labute approximate surface area is 196 Å². The zero-order valence-corrected chi connectivity index (χ0v) is 19.1. The van der Waals surface area contributed by atoms with E-state index in [9.17, 15) is 45.4 Å². The van der Waals surface area contributed by atoms with Crippen LogP contribution in [-0.4, -0.2) is 121 Å². The van der Waals surface area contributed by atoms with Crippen molar-refractivity contribution in [2.75, 3.05) is 6.61 Å². The van der Waals surface area contributed by atoms with Crippen molar-refractivity contribution in [3.8, 4) is 0 Å². The van der Waals surface area contributed by atoms with Gasteiger partial charge in [0, 0.05) is 0 Å². The Kier molecular flexibility index (Phi) is 9.15. The fourth-order valence-electron chi connectivity index (χ4n) is 2.96. The van der Waals surface area contributed by atoms with E-state index in [1.807, 2.05) is 0 Å². The van der Waals surface area contributed by atoms with Gasteiger partial charge in [-0.05, 0) is 6.08 Å². The molecule has 0 aromatic rings. The number of carbonyl (C=O) groups is 1. The molecule has 2 rings (SSSR count). The van der Waals surface area contributed by atoms with Gasteiger partial charge in [0.25, 0.3) is 0 Å². The molecule has 1 saturated heterocycles. The normalized spacial score (nSPS) is 34.6. The van der Waals surface area contributed by atoms with Crippen LogP contribution in [0.15, 0.2) is 11.8 Å². The van der Waals surface area contributed by atoms with E-state index < -0.39 is 98.6 Å². The summed E-state index contributed by atoms with van der Waals surface area (Å²) in [4.78, 5) is 11.2. The van der Waals surface area contributed by atoms with Crippen LogP contribution in [0.2, 0.25) is 0 Å². The van der Waals surface area contributed by atoms with Gasteiger partial charge in [0.1, 0.15) is 30.5 Å². The van der Waals surface area contributed by atoms with Gasteiger partial charge in [0.15, 0.2) is 12.4 Å². The van der Waals surface area contributed by atoms with Crippen molar-refractivity contribution in [1.29, 1.82) is 0 Å². The van der Waals surface area contributed by atoms with E-state index in [-0.39, 0.29) is 0 Å². The molecule has 2 aliphatic rings. The van der Waals surface area contributed by atoms with Crippen molar-refractivity contribution < 1.29 is 86.7 Å². The van der Waals surface area contributed by atoms with E-state index in [2.05, 4.69) is 8.37 Å². The number of carboxylic acid groups (broad SMARTS) is 1. The number of aliphatic carboxylic acids is 1. The first-order valence-electron chi connectivity index (χ1n) is 8.76. The molecule has 35 heavy (non-hydrogen) atoms. The van der Waals surface area contributed by atoms with E-state index in [0.717, 1.165) is 0 Å². The molecule has 8 atom stereocenters. The molecular weight excluding hydrogens is 558 g/mol. The van der Waals surface area contributed by atoms with Crippen LogP contribution < -0.4 is 4.72 Å². The molecule has 23 heteroatoms. The fourth-order valence-corrected chi connectivity index (χ4v) is 4.35. The van der Waals surface area contributed by atoms with Gasteiger partial charge in [-0.3, -0.25) is 13.7 Å². The lowest BCUT2D eigenvalue weighted by molar-refractivity contribution is -0.303. The van der Waals surface area contributed by atoms with Crippen molar-refractivity contribution >= 4 is 37.1 Å². The number of ether oxygens (including phenoxy) is 3. The average Bonchev–Trinajstić information content (AvgIpc) is 2.65. The van der Waals surface area contributed by atoms with Gasteiger partial charge in [0.05, 0.1) is 6.61 Å². The highest BCUT2D eigenvalue weighted by Crippen LogP contribution is 2.30. The highest BCUT2D eigenvalue weighted by Gasteiger charge is 2.51. The Hall–Kier alpha value is -1.58. The van der Waals surface area contributed by atoms with Gasteiger partial charge >= 0.3 is 37.1 Å². The minimum absolute atomic E-state index is 0.442. The van der Waals surface area contributed by atoms with Gasteiger partial charge in [-0.15, -0.1) is 0 Å². The standard InChI is InChI=1S/C12H19NO19S3/c14-3-1-4(10(16)17)30-12(8(3)32-35(25,26)27)31-9-5(2-28-34(22,23)24)29-11(18)6(7(9)15)13-33(19,20)21/h1,3,5-9,11-15,18H,2H2,(H,16,17)(H,19,20,21)(H,22,23,24)(H,25,26,27)/t3-,5+,6+,7+,8+,9+,11?,12+/m0/s1. The molecule has 0 bridgehead atoms. The van der Waals surface area contributed by atoms with E-state index in [4.69, 9.17) is 33.0 Å². The van der Waals surface area contributed by atoms with Crippen molar-refractivity contribution in [2.45, 2.75) is 49.1 Å². The minimum atomic E-state index is -5.36. The van der Waals surface area contributed by atoms with E-state index in [0.29, 0.717) is 6.08 Å². The van der Waals surface area contributed by atoms with Gasteiger partial charge < -0.3 is 34.6 Å². The predicted octanol–water partition coefficient (Wildman–Crippen LogP) is -5.10. The topological polar surface area (TPSA) is 319 Å².